The minimum absolute atomic E-state index is 0.00158. The molecule has 0 aliphatic heterocycles. The normalized spacial score (nSPS) is 11.7. The van der Waals surface area contributed by atoms with Crippen molar-refractivity contribution in [1.29, 1.82) is 0 Å². The number of aliphatic carboxylic acids is 1. The van der Waals surface area contributed by atoms with Crippen LogP contribution in [0.3, 0.4) is 0 Å². The first kappa shape index (κ1) is 14.9. The van der Waals surface area contributed by atoms with Crippen molar-refractivity contribution < 1.29 is 19.6 Å². The van der Waals surface area contributed by atoms with Crippen LogP contribution >= 0.6 is 11.6 Å². The number of halogens is 1. The van der Waals surface area contributed by atoms with Gasteiger partial charge in [0.1, 0.15) is 0 Å². The molecule has 4 N–H and O–H groups in total. The van der Waals surface area contributed by atoms with Gasteiger partial charge in [0.25, 0.3) is 5.69 Å². The molecule has 0 spiro atoms. The number of carbonyl (C=O) groups is 2. The van der Waals surface area contributed by atoms with Crippen LogP contribution in [0.2, 0.25) is 5.02 Å². The highest BCUT2D eigenvalue weighted by atomic mass is 35.5. The van der Waals surface area contributed by atoms with Crippen molar-refractivity contribution in [2.24, 2.45) is 5.73 Å². The van der Waals surface area contributed by atoms with E-state index in [1.165, 1.54) is 12.1 Å². The molecule has 19 heavy (non-hydrogen) atoms. The lowest BCUT2D eigenvalue weighted by Crippen LogP contribution is -2.37. The Hall–Kier alpha value is -2.19. The standard InChI is InChI=1S/C10H10ClN3O5/c11-6-2-1-5(14(18)19)3-8(6)13-10(17)7(12)4-9(15)16/h1-3,7H,4,12H2,(H,13,17)(H,15,16). The summed E-state index contributed by atoms with van der Waals surface area (Å²) in [4.78, 5) is 31.9. The van der Waals surface area contributed by atoms with Crippen LogP contribution in [-0.2, 0) is 9.59 Å². The second-order valence-electron chi connectivity index (χ2n) is 3.61. The molecule has 1 unspecified atom stereocenters. The molecular formula is C10H10ClN3O5. The molecule has 0 saturated heterocycles. The third-order valence-electron chi connectivity index (χ3n) is 2.15. The van der Waals surface area contributed by atoms with Crippen molar-refractivity contribution in [3.8, 4) is 0 Å². The maximum atomic E-state index is 11.6. The Labute approximate surface area is 112 Å². The summed E-state index contributed by atoms with van der Waals surface area (Å²) >= 11 is 5.76. The summed E-state index contributed by atoms with van der Waals surface area (Å²) in [6.07, 6.45) is -0.557. The number of amides is 1. The topological polar surface area (TPSA) is 136 Å². The van der Waals surface area contributed by atoms with Crippen molar-refractivity contribution in [1.82, 2.24) is 0 Å². The van der Waals surface area contributed by atoms with E-state index in [0.717, 1.165) is 6.07 Å². The molecule has 1 rings (SSSR count). The first-order valence-electron chi connectivity index (χ1n) is 5.03. The fourth-order valence-corrected chi connectivity index (χ4v) is 1.39. The van der Waals surface area contributed by atoms with Gasteiger partial charge in [0, 0.05) is 12.1 Å². The Morgan fingerprint density at radius 2 is 2.16 bits per heavy atom. The lowest BCUT2D eigenvalue weighted by Gasteiger charge is -2.11. The molecule has 0 heterocycles. The molecule has 0 fully saturated rings. The van der Waals surface area contributed by atoms with Crippen LogP contribution in [0.25, 0.3) is 0 Å². The minimum atomic E-state index is -1.27. The van der Waals surface area contributed by atoms with Gasteiger partial charge in [-0.3, -0.25) is 19.7 Å². The second-order valence-corrected chi connectivity index (χ2v) is 4.02. The number of rotatable bonds is 5. The van der Waals surface area contributed by atoms with E-state index in [9.17, 15) is 19.7 Å². The molecule has 0 aliphatic carbocycles. The molecule has 1 atom stereocenters. The number of carboxylic acid groups (broad SMARTS) is 1. The molecule has 8 nitrogen and oxygen atoms in total. The van der Waals surface area contributed by atoms with Gasteiger partial charge in [-0.2, -0.15) is 0 Å². The number of nitrogens with one attached hydrogen (secondary N) is 1. The fourth-order valence-electron chi connectivity index (χ4n) is 1.23. The number of anilines is 1. The smallest absolute Gasteiger partial charge is 0.305 e. The van der Waals surface area contributed by atoms with Gasteiger partial charge in [-0.15, -0.1) is 0 Å². The predicted octanol–water partition coefficient (Wildman–Crippen LogP) is 0.989. The number of benzene rings is 1. The van der Waals surface area contributed by atoms with Crippen LogP contribution in [0.1, 0.15) is 6.42 Å². The quantitative estimate of drug-likeness (QED) is 0.546. The van der Waals surface area contributed by atoms with E-state index >= 15 is 0 Å². The molecule has 9 heteroatoms. The lowest BCUT2D eigenvalue weighted by atomic mass is 10.2. The van der Waals surface area contributed by atoms with Gasteiger partial charge < -0.3 is 16.2 Å². The van der Waals surface area contributed by atoms with Gasteiger partial charge >= 0.3 is 5.97 Å². The summed E-state index contributed by atoms with van der Waals surface area (Å²) < 4.78 is 0. The van der Waals surface area contributed by atoms with E-state index < -0.39 is 29.3 Å². The Kier molecular flexibility index (Phi) is 4.79. The molecule has 1 aromatic carbocycles. The maximum absolute atomic E-state index is 11.6. The highest BCUT2D eigenvalue weighted by molar-refractivity contribution is 6.33. The van der Waals surface area contributed by atoms with Gasteiger partial charge in [0.15, 0.2) is 0 Å². The number of nitro benzene ring substituents is 1. The third kappa shape index (κ3) is 4.19. The van der Waals surface area contributed by atoms with Crippen LogP contribution in [0.5, 0.6) is 0 Å². The largest absolute Gasteiger partial charge is 0.481 e. The summed E-state index contributed by atoms with van der Waals surface area (Å²) in [5.41, 5.74) is 5.09. The summed E-state index contributed by atoms with van der Waals surface area (Å²) in [7, 11) is 0. The van der Waals surface area contributed by atoms with Crippen LogP contribution in [-0.4, -0.2) is 27.9 Å². The van der Waals surface area contributed by atoms with Crippen molar-refractivity contribution in [3.05, 3.63) is 33.3 Å². The highest BCUT2D eigenvalue weighted by Crippen LogP contribution is 2.26. The predicted molar refractivity (Wildman–Crippen MR) is 67.0 cm³/mol. The van der Waals surface area contributed by atoms with E-state index in [4.69, 9.17) is 22.4 Å². The van der Waals surface area contributed by atoms with Crippen LogP contribution in [0, 0.1) is 10.1 Å². The van der Waals surface area contributed by atoms with Crippen LogP contribution in [0.15, 0.2) is 18.2 Å². The Morgan fingerprint density at radius 1 is 1.53 bits per heavy atom. The Bertz CT molecular complexity index is 534. The monoisotopic (exact) mass is 287 g/mol. The van der Waals surface area contributed by atoms with E-state index in [1.54, 1.807) is 0 Å². The number of non-ortho nitro benzene ring substituents is 1. The lowest BCUT2D eigenvalue weighted by molar-refractivity contribution is -0.384. The van der Waals surface area contributed by atoms with E-state index in [-0.39, 0.29) is 16.4 Å². The Morgan fingerprint density at radius 3 is 2.68 bits per heavy atom. The number of carboxylic acids is 1. The zero-order valence-corrected chi connectivity index (χ0v) is 10.3. The average molecular weight is 288 g/mol. The molecule has 0 radical (unpaired) electrons. The van der Waals surface area contributed by atoms with E-state index in [1.807, 2.05) is 0 Å². The first-order valence-corrected chi connectivity index (χ1v) is 5.41. The maximum Gasteiger partial charge on any atom is 0.305 e. The second kappa shape index (κ2) is 6.12. The number of nitro groups is 1. The van der Waals surface area contributed by atoms with Gasteiger partial charge in [0.05, 0.1) is 28.1 Å². The summed E-state index contributed by atoms with van der Waals surface area (Å²) in [6, 6.07) is 2.22. The summed E-state index contributed by atoms with van der Waals surface area (Å²) in [6.45, 7) is 0. The van der Waals surface area contributed by atoms with Gasteiger partial charge in [0.2, 0.25) is 5.91 Å². The van der Waals surface area contributed by atoms with Crippen molar-refractivity contribution >= 4 is 34.9 Å². The summed E-state index contributed by atoms with van der Waals surface area (Å²) in [5.74, 6) is -2.02. The molecule has 0 saturated carbocycles. The number of carbonyl (C=O) groups excluding carboxylic acids is 1. The fraction of sp³-hybridized carbons (Fsp3) is 0.200. The van der Waals surface area contributed by atoms with E-state index in [0.29, 0.717) is 0 Å². The van der Waals surface area contributed by atoms with Gasteiger partial charge in [-0.05, 0) is 6.07 Å². The molecule has 102 valence electrons. The molecule has 0 aromatic heterocycles. The van der Waals surface area contributed by atoms with Crippen molar-refractivity contribution in [3.63, 3.8) is 0 Å². The van der Waals surface area contributed by atoms with Crippen LogP contribution < -0.4 is 11.1 Å². The highest BCUT2D eigenvalue weighted by Gasteiger charge is 2.19. The Balaban J connectivity index is 2.86. The number of hydrogen-bond donors (Lipinski definition) is 3. The summed E-state index contributed by atoms with van der Waals surface area (Å²) in [5, 5.41) is 21.4. The SMILES string of the molecule is NC(CC(=O)O)C(=O)Nc1cc([N+](=O)[O-])ccc1Cl. The van der Waals surface area contributed by atoms with Gasteiger partial charge in [-0.1, -0.05) is 11.6 Å². The average Bonchev–Trinajstić information content (AvgIpc) is 2.30. The third-order valence-corrected chi connectivity index (χ3v) is 2.48. The van der Waals surface area contributed by atoms with E-state index in [2.05, 4.69) is 5.32 Å². The van der Waals surface area contributed by atoms with Crippen molar-refractivity contribution in [2.75, 3.05) is 5.32 Å². The molecule has 1 amide bonds. The molecule has 1 aromatic rings. The molecular weight excluding hydrogens is 278 g/mol. The number of nitrogens with zero attached hydrogens (tertiary/aromatic N) is 1. The first-order chi connectivity index (χ1) is 8.81. The molecule has 0 aliphatic rings. The van der Waals surface area contributed by atoms with Gasteiger partial charge in [-0.25, -0.2) is 0 Å². The number of hydrogen-bond acceptors (Lipinski definition) is 5. The number of nitrogens with two attached hydrogens (primary N) is 1. The minimum Gasteiger partial charge on any atom is -0.481 e. The molecule has 0 bridgehead atoms. The zero-order chi connectivity index (χ0) is 14.6. The van der Waals surface area contributed by atoms with Crippen LogP contribution in [0.4, 0.5) is 11.4 Å². The van der Waals surface area contributed by atoms with Crippen molar-refractivity contribution in [2.45, 2.75) is 12.5 Å². The zero-order valence-electron chi connectivity index (χ0n) is 9.50.